The quantitative estimate of drug-likeness (QED) is 0.629. The molecule has 0 aliphatic rings. The highest BCUT2D eigenvalue weighted by molar-refractivity contribution is 5.08. The van der Waals surface area contributed by atoms with Gasteiger partial charge in [0.05, 0.1) is 0 Å². The van der Waals surface area contributed by atoms with Crippen LogP contribution in [-0.2, 0) is 6.42 Å². The lowest BCUT2D eigenvalue weighted by Gasteiger charge is -2.04. The zero-order valence-electron chi connectivity index (χ0n) is 9.50. The molecule has 0 aliphatic carbocycles. The van der Waals surface area contributed by atoms with Gasteiger partial charge in [0.25, 0.3) is 0 Å². The number of aromatic nitrogens is 1. The fourth-order valence-electron chi connectivity index (χ4n) is 1.44. The van der Waals surface area contributed by atoms with Gasteiger partial charge in [-0.1, -0.05) is 13.0 Å². The van der Waals surface area contributed by atoms with E-state index in [4.69, 9.17) is 0 Å². The summed E-state index contributed by atoms with van der Waals surface area (Å²) >= 11 is 0. The summed E-state index contributed by atoms with van der Waals surface area (Å²) in [5, 5.41) is 6.69. The van der Waals surface area contributed by atoms with Crippen molar-refractivity contribution in [3.8, 4) is 0 Å². The van der Waals surface area contributed by atoms with Crippen molar-refractivity contribution in [1.82, 2.24) is 15.6 Å². The van der Waals surface area contributed by atoms with Crippen LogP contribution in [0.5, 0.6) is 0 Å². The van der Waals surface area contributed by atoms with Gasteiger partial charge in [0.15, 0.2) is 0 Å². The summed E-state index contributed by atoms with van der Waals surface area (Å²) < 4.78 is 0. The summed E-state index contributed by atoms with van der Waals surface area (Å²) in [5.74, 6) is 0. The van der Waals surface area contributed by atoms with Gasteiger partial charge in [-0.2, -0.15) is 0 Å². The SMILES string of the molecule is CCNCCNCCCc1cccnc1. The molecule has 0 bridgehead atoms. The van der Waals surface area contributed by atoms with Gasteiger partial charge in [-0.05, 0) is 37.6 Å². The number of nitrogens with one attached hydrogen (secondary N) is 2. The minimum Gasteiger partial charge on any atom is -0.316 e. The molecule has 2 N–H and O–H groups in total. The van der Waals surface area contributed by atoms with Crippen molar-refractivity contribution in [3.63, 3.8) is 0 Å². The second kappa shape index (κ2) is 8.38. The third-order valence-corrected chi connectivity index (χ3v) is 2.27. The molecule has 15 heavy (non-hydrogen) atoms. The molecule has 1 aromatic heterocycles. The second-order valence-electron chi connectivity index (χ2n) is 3.57. The van der Waals surface area contributed by atoms with Crippen LogP contribution in [0.15, 0.2) is 24.5 Å². The zero-order chi connectivity index (χ0) is 10.8. The van der Waals surface area contributed by atoms with Crippen molar-refractivity contribution >= 4 is 0 Å². The lowest BCUT2D eigenvalue weighted by molar-refractivity contribution is 0.606. The lowest BCUT2D eigenvalue weighted by Crippen LogP contribution is -2.27. The van der Waals surface area contributed by atoms with Gasteiger partial charge in [0.1, 0.15) is 0 Å². The van der Waals surface area contributed by atoms with Crippen LogP contribution in [0.25, 0.3) is 0 Å². The number of hydrogen-bond acceptors (Lipinski definition) is 3. The Hall–Kier alpha value is -0.930. The van der Waals surface area contributed by atoms with E-state index in [-0.39, 0.29) is 0 Å². The van der Waals surface area contributed by atoms with Gasteiger partial charge in [0, 0.05) is 25.5 Å². The fourth-order valence-corrected chi connectivity index (χ4v) is 1.44. The Bertz CT molecular complexity index is 236. The van der Waals surface area contributed by atoms with E-state index in [0.717, 1.165) is 32.6 Å². The first-order valence-electron chi connectivity index (χ1n) is 5.74. The second-order valence-corrected chi connectivity index (χ2v) is 3.57. The predicted octanol–water partition coefficient (Wildman–Crippen LogP) is 1.21. The average molecular weight is 207 g/mol. The summed E-state index contributed by atoms with van der Waals surface area (Å²) in [6.45, 7) is 6.38. The largest absolute Gasteiger partial charge is 0.316 e. The van der Waals surface area contributed by atoms with Crippen LogP contribution >= 0.6 is 0 Å². The molecule has 3 heteroatoms. The summed E-state index contributed by atoms with van der Waals surface area (Å²) in [4.78, 5) is 4.09. The van der Waals surface area contributed by atoms with Crippen LogP contribution in [-0.4, -0.2) is 31.2 Å². The molecule has 1 heterocycles. The van der Waals surface area contributed by atoms with Gasteiger partial charge >= 0.3 is 0 Å². The van der Waals surface area contributed by atoms with Crippen molar-refractivity contribution in [3.05, 3.63) is 30.1 Å². The molecule has 0 aliphatic heterocycles. The number of pyridine rings is 1. The highest BCUT2D eigenvalue weighted by Crippen LogP contribution is 1.98. The molecule has 0 spiro atoms. The van der Waals surface area contributed by atoms with E-state index in [0.29, 0.717) is 0 Å². The third kappa shape index (κ3) is 6.20. The third-order valence-electron chi connectivity index (χ3n) is 2.27. The smallest absolute Gasteiger partial charge is 0.0299 e. The summed E-state index contributed by atoms with van der Waals surface area (Å²) in [6.07, 6.45) is 6.05. The molecule has 84 valence electrons. The fraction of sp³-hybridized carbons (Fsp3) is 0.583. The van der Waals surface area contributed by atoms with E-state index in [1.165, 1.54) is 12.0 Å². The molecule has 1 rings (SSSR count). The molecule has 0 aromatic carbocycles. The van der Waals surface area contributed by atoms with Crippen molar-refractivity contribution in [1.29, 1.82) is 0 Å². The minimum atomic E-state index is 1.05. The standard InChI is InChI=1S/C12H21N3/c1-2-13-9-10-14-7-3-5-12-6-4-8-15-11-12/h4,6,8,11,13-14H,2-3,5,7,9-10H2,1H3. The zero-order valence-corrected chi connectivity index (χ0v) is 9.50. The number of likely N-dealkylation sites (N-methyl/N-ethyl adjacent to an activating group) is 1. The predicted molar refractivity (Wildman–Crippen MR) is 64.0 cm³/mol. The molecule has 0 atom stereocenters. The van der Waals surface area contributed by atoms with Gasteiger partial charge in [-0.3, -0.25) is 4.98 Å². The average Bonchev–Trinajstić information content (AvgIpc) is 2.29. The van der Waals surface area contributed by atoms with Crippen molar-refractivity contribution in [2.75, 3.05) is 26.2 Å². The number of nitrogens with zero attached hydrogens (tertiary/aromatic N) is 1. The van der Waals surface area contributed by atoms with Gasteiger partial charge in [0.2, 0.25) is 0 Å². The highest BCUT2D eigenvalue weighted by atomic mass is 14.9. The molecular weight excluding hydrogens is 186 g/mol. The van der Waals surface area contributed by atoms with Gasteiger partial charge in [-0.25, -0.2) is 0 Å². The minimum absolute atomic E-state index is 1.05. The number of rotatable bonds is 8. The molecule has 0 saturated carbocycles. The summed E-state index contributed by atoms with van der Waals surface area (Å²) in [5.41, 5.74) is 1.32. The van der Waals surface area contributed by atoms with Crippen LogP contribution in [0.3, 0.4) is 0 Å². The van der Waals surface area contributed by atoms with Gasteiger partial charge < -0.3 is 10.6 Å². The van der Waals surface area contributed by atoms with E-state index < -0.39 is 0 Å². The van der Waals surface area contributed by atoms with Crippen LogP contribution in [0.2, 0.25) is 0 Å². The highest BCUT2D eigenvalue weighted by Gasteiger charge is 1.92. The Balaban J connectivity index is 1.93. The summed E-state index contributed by atoms with van der Waals surface area (Å²) in [7, 11) is 0. The topological polar surface area (TPSA) is 37.0 Å². The first-order valence-corrected chi connectivity index (χ1v) is 5.74. The van der Waals surface area contributed by atoms with Crippen molar-refractivity contribution < 1.29 is 0 Å². The maximum atomic E-state index is 4.09. The molecule has 3 nitrogen and oxygen atoms in total. The van der Waals surface area contributed by atoms with Crippen LogP contribution in [0.4, 0.5) is 0 Å². The lowest BCUT2D eigenvalue weighted by atomic mass is 10.1. The maximum absolute atomic E-state index is 4.09. The molecule has 0 saturated heterocycles. The van der Waals surface area contributed by atoms with Crippen molar-refractivity contribution in [2.45, 2.75) is 19.8 Å². The Morgan fingerprint density at radius 2 is 2.07 bits per heavy atom. The van der Waals surface area contributed by atoms with Crippen LogP contribution in [0.1, 0.15) is 18.9 Å². The monoisotopic (exact) mass is 207 g/mol. The molecule has 1 aromatic rings. The van der Waals surface area contributed by atoms with E-state index in [1.807, 2.05) is 18.5 Å². The van der Waals surface area contributed by atoms with Crippen LogP contribution < -0.4 is 10.6 Å². The summed E-state index contributed by atoms with van der Waals surface area (Å²) in [6, 6.07) is 4.12. The molecular formula is C12H21N3. The number of aryl methyl sites for hydroxylation is 1. The molecule has 0 unspecified atom stereocenters. The first kappa shape index (κ1) is 12.1. The van der Waals surface area contributed by atoms with E-state index in [1.54, 1.807) is 0 Å². The Kier molecular flexibility index (Phi) is 6.79. The Morgan fingerprint density at radius 3 is 2.80 bits per heavy atom. The van der Waals surface area contributed by atoms with E-state index in [2.05, 4.69) is 28.6 Å². The normalized spacial score (nSPS) is 10.5. The molecule has 0 radical (unpaired) electrons. The maximum Gasteiger partial charge on any atom is 0.0299 e. The molecule has 0 fully saturated rings. The molecule has 0 amide bonds. The first-order chi connectivity index (χ1) is 7.43. The van der Waals surface area contributed by atoms with Gasteiger partial charge in [-0.15, -0.1) is 0 Å². The Morgan fingerprint density at radius 1 is 1.20 bits per heavy atom. The van der Waals surface area contributed by atoms with E-state index >= 15 is 0 Å². The van der Waals surface area contributed by atoms with Crippen molar-refractivity contribution in [2.24, 2.45) is 0 Å². The van der Waals surface area contributed by atoms with Crippen LogP contribution in [0, 0.1) is 0 Å². The number of hydrogen-bond donors (Lipinski definition) is 2. The van der Waals surface area contributed by atoms with E-state index in [9.17, 15) is 0 Å². The Labute approximate surface area is 92.3 Å².